The zero-order valence-electron chi connectivity index (χ0n) is 16.4. The Morgan fingerprint density at radius 1 is 1.07 bits per heavy atom. The number of carbonyl (C=O) groups is 3. The first-order valence-electron chi connectivity index (χ1n) is 9.69. The van der Waals surface area contributed by atoms with Gasteiger partial charge in [-0.3, -0.25) is 15.0 Å². The van der Waals surface area contributed by atoms with E-state index in [4.69, 9.17) is 14.2 Å². The lowest BCUT2D eigenvalue weighted by atomic mass is 10.2. The zero-order valence-corrected chi connectivity index (χ0v) is 16.4. The highest BCUT2D eigenvalue weighted by Gasteiger charge is 2.22. The maximum atomic E-state index is 12.0. The van der Waals surface area contributed by atoms with Crippen molar-refractivity contribution in [3.8, 4) is 11.5 Å². The molecule has 4 amide bonds. The van der Waals surface area contributed by atoms with E-state index in [-0.39, 0.29) is 18.4 Å². The van der Waals surface area contributed by atoms with Gasteiger partial charge in [0.05, 0.1) is 6.61 Å². The van der Waals surface area contributed by atoms with Gasteiger partial charge >= 0.3 is 12.1 Å². The largest absolute Gasteiger partial charge is 0.486 e. The molecule has 0 saturated carbocycles. The number of amides is 4. The number of ether oxygens (including phenoxy) is 3. The summed E-state index contributed by atoms with van der Waals surface area (Å²) in [5.74, 6) is 0.816. The fourth-order valence-electron chi connectivity index (χ4n) is 3.10. The van der Waals surface area contributed by atoms with Gasteiger partial charge in [0.1, 0.15) is 13.2 Å². The number of benzene rings is 1. The number of anilines is 1. The molecular weight excluding hydrogens is 380 g/mol. The number of hydrogen-bond donors (Lipinski definition) is 2. The van der Waals surface area contributed by atoms with E-state index in [1.54, 1.807) is 30.0 Å². The van der Waals surface area contributed by atoms with Crippen LogP contribution in [0.4, 0.5) is 15.3 Å². The van der Waals surface area contributed by atoms with Crippen LogP contribution in [0.2, 0.25) is 0 Å². The maximum absolute atomic E-state index is 12.0. The lowest BCUT2D eigenvalue weighted by Gasteiger charge is -2.33. The lowest BCUT2D eigenvalue weighted by molar-refractivity contribution is -0.120. The average molecular weight is 406 g/mol. The SMILES string of the molecule is CCOC(=O)N1CCN(CCC(=O)NC(=O)Nc2ccc3c(c2)OCCO3)CC1. The molecule has 0 radical (unpaired) electrons. The molecule has 1 fully saturated rings. The number of imide groups is 1. The van der Waals surface area contributed by atoms with Crippen LogP contribution >= 0.6 is 0 Å². The van der Waals surface area contributed by atoms with Crippen molar-refractivity contribution in [2.75, 3.05) is 57.9 Å². The molecule has 2 aliphatic heterocycles. The van der Waals surface area contributed by atoms with E-state index >= 15 is 0 Å². The Morgan fingerprint density at radius 2 is 1.79 bits per heavy atom. The molecule has 1 aromatic rings. The number of piperazine rings is 1. The van der Waals surface area contributed by atoms with Crippen molar-refractivity contribution >= 4 is 23.7 Å². The Bertz CT molecular complexity index is 748. The molecule has 10 heteroatoms. The summed E-state index contributed by atoms with van der Waals surface area (Å²) in [5, 5.41) is 4.93. The quantitative estimate of drug-likeness (QED) is 0.758. The van der Waals surface area contributed by atoms with Gasteiger partial charge in [0, 0.05) is 50.9 Å². The second kappa shape index (κ2) is 9.97. The first-order valence-corrected chi connectivity index (χ1v) is 9.69. The Kier molecular flexibility index (Phi) is 7.12. The Hall–Kier alpha value is -3.01. The molecule has 158 valence electrons. The molecule has 1 saturated heterocycles. The Balaban J connectivity index is 1.36. The topological polar surface area (TPSA) is 109 Å². The minimum Gasteiger partial charge on any atom is -0.486 e. The molecule has 0 unspecified atom stereocenters. The van der Waals surface area contributed by atoms with Gasteiger partial charge in [-0.05, 0) is 19.1 Å². The molecule has 0 aliphatic carbocycles. The van der Waals surface area contributed by atoms with Gasteiger partial charge in [0.2, 0.25) is 5.91 Å². The standard InChI is InChI=1S/C19H26N4O6/c1-2-27-19(26)23-9-7-22(8-10-23)6-5-17(24)21-18(25)20-14-3-4-15-16(13-14)29-12-11-28-15/h3-4,13H,2,5-12H2,1H3,(H2,20,21,24,25). The van der Waals surface area contributed by atoms with Gasteiger partial charge in [0.15, 0.2) is 11.5 Å². The number of nitrogens with one attached hydrogen (secondary N) is 2. The van der Waals surface area contributed by atoms with Crippen molar-refractivity contribution in [3.05, 3.63) is 18.2 Å². The van der Waals surface area contributed by atoms with Crippen molar-refractivity contribution in [2.24, 2.45) is 0 Å². The highest BCUT2D eigenvalue weighted by atomic mass is 16.6. The van der Waals surface area contributed by atoms with E-state index in [9.17, 15) is 14.4 Å². The summed E-state index contributed by atoms with van der Waals surface area (Å²) in [5.41, 5.74) is 0.509. The molecule has 0 atom stereocenters. The van der Waals surface area contributed by atoms with Gasteiger partial charge < -0.3 is 24.4 Å². The summed E-state index contributed by atoms with van der Waals surface area (Å²) in [6.45, 7) is 6.03. The monoisotopic (exact) mass is 406 g/mol. The van der Waals surface area contributed by atoms with Crippen molar-refractivity contribution in [1.29, 1.82) is 0 Å². The number of carbonyl (C=O) groups excluding carboxylic acids is 3. The van der Waals surface area contributed by atoms with Crippen molar-refractivity contribution < 1.29 is 28.6 Å². The van der Waals surface area contributed by atoms with Gasteiger partial charge in [-0.15, -0.1) is 0 Å². The average Bonchev–Trinajstić information content (AvgIpc) is 2.72. The predicted octanol–water partition coefficient (Wildman–Crippen LogP) is 1.27. The van der Waals surface area contributed by atoms with E-state index in [2.05, 4.69) is 15.5 Å². The van der Waals surface area contributed by atoms with Gasteiger partial charge in [-0.2, -0.15) is 0 Å². The summed E-state index contributed by atoms with van der Waals surface area (Å²) < 4.78 is 15.9. The lowest BCUT2D eigenvalue weighted by Crippen LogP contribution is -2.49. The van der Waals surface area contributed by atoms with Crippen LogP contribution in [0.25, 0.3) is 0 Å². The highest BCUT2D eigenvalue weighted by Crippen LogP contribution is 2.32. The van der Waals surface area contributed by atoms with Gasteiger partial charge in [-0.1, -0.05) is 0 Å². The number of urea groups is 1. The smallest absolute Gasteiger partial charge is 0.409 e. The molecule has 29 heavy (non-hydrogen) atoms. The molecule has 0 aromatic heterocycles. The molecular formula is C19H26N4O6. The van der Waals surface area contributed by atoms with Crippen LogP contribution in [0.5, 0.6) is 11.5 Å². The maximum Gasteiger partial charge on any atom is 0.409 e. The first-order chi connectivity index (χ1) is 14.0. The van der Waals surface area contributed by atoms with Crippen LogP contribution in [-0.4, -0.2) is 80.4 Å². The molecule has 10 nitrogen and oxygen atoms in total. The third-order valence-corrected chi connectivity index (χ3v) is 4.61. The van der Waals surface area contributed by atoms with E-state index < -0.39 is 6.03 Å². The van der Waals surface area contributed by atoms with E-state index in [0.717, 1.165) is 0 Å². The van der Waals surface area contributed by atoms with Crippen molar-refractivity contribution in [3.63, 3.8) is 0 Å². The van der Waals surface area contributed by atoms with Crippen LogP contribution in [-0.2, 0) is 9.53 Å². The van der Waals surface area contributed by atoms with E-state index in [0.29, 0.717) is 69.7 Å². The Morgan fingerprint density at radius 3 is 2.52 bits per heavy atom. The number of nitrogens with zero attached hydrogens (tertiary/aromatic N) is 2. The van der Waals surface area contributed by atoms with Crippen LogP contribution in [0, 0.1) is 0 Å². The van der Waals surface area contributed by atoms with Crippen molar-refractivity contribution in [2.45, 2.75) is 13.3 Å². The molecule has 0 spiro atoms. The second-order valence-electron chi connectivity index (χ2n) is 6.64. The van der Waals surface area contributed by atoms with Gasteiger partial charge in [-0.25, -0.2) is 9.59 Å². The summed E-state index contributed by atoms with van der Waals surface area (Å²) >= 11 is 0. The van der Waals surface area contributed by atoms with Crippen LogP contribution in [0.1, 0.15) is 13.3 Å². The third kappa shape index (κ3) is 5.98. The second-order valence-corrected chi connectivity index (χ2v) is 6.64. The van der Waals surface area contributed by atoms with Crippen molar-refractivity contribution in [1.82, 2.24) is 15.1 Å². The van der Waals surface area contributed by atoms with E-state index in [1.807, 2.05) is 0 Å². The normalized spacial score (nSPS) is 16.1. The molecule has 0 bridgehead atoms. The first kappa shape index (κ1) is 20.7. The molecule has 2 heterocycles. The van der Waals surface area contributed by atoms with Crippen LogP contribution < -0.4 is 20.1 Å². The minimum absolute atomic E-state index is 0.188. The molecule has 2 N–H and O–H groups in total. The molecule has 1 aromatic carbocycles. The van der Waals surface area contributed by atoms with Crippen LogP contribution in [0.15, 0.2) is 18.2 Å². The summed E-state index contributed by atoms with van der Waals surface area (Å²) in [4.78, 5) is 39.5. The molecule has 3 rings (SSSR count). The summed E-state index contributed by atoms with van der Waals surface area (Å²) in [7, 11) is 0. The zero-order chi connectivity index (χ0) is 20.6. The fourth-order valence-corrected chi connectivity index (χ4v) is 3.10. The predicted molar refractivity (Wildman–Crippen MR) is 104 cm³/mol. The van der Waals surface area contributed by atoms with E-state index in [1.165, 1.54) is 0 Å². The third-order valence-electron chi connectivity index (χ3n) is 4.61. The summed E-state index contributed by atoms with van der Waals surface area (Å²) in [6, 6.07) is 4.45. The highest BCUT2D eigenvalue weighted by molar-refractivity contribution is 6.01. The van der Waals surface area contributed by atoms with Gasteiger partial charge in [0.25, 0.3) is 0 Å². The fraction of sp³-hybridized carbons (Fsp3) is 0.526. The Labute approximate surface area is 169 Å². The number of fused-ring (bicyclic) bond motifs is 1. The minimum atomic E-state index is -0.598. The molecule has 2 aliphatic rings. The number of hydrogen-bond acceptors (Lipinski definition) is 7. The number of rotatable bonds is 5. The summed E-state index contributed by atoms with van der Waals surface area (Å²) in [6.07, 6.45) is -0.116. The van der Waals surface area contributed by atoms with Crippen LogP contribution in [0.3, 0.4) is 0 Å².